The number of nitrogens with one attached hydrogen (secondary N) is 2. The Morgan fingerprint density at radius 1 is 1.03 bits per heavy atom. The number of carbonyl (C=O) groups excluding carboxylic acids is 1. The molecule has 1 heterocycles. The molecule has 2 N–H and O–H groups in total. The summed E-state index contributed by atoms with van der Waals surface area (Å²) in [5.41, 5.74) is 3.79. The molecule has 1 aliphatic carbocycles. The molecule has 1 amide bonds. The van der Waals surface area contributed by atoms with Crippen LogP contribution in [0.15, 0.2) is 47.4 Å². The molecule has 0 aromatic heterocycles. The second-order valence-electron chi connectivity index (χ2n) is 7.62. The highest BCUT2D eigenvalue weighted by Crippen LogP contribution is 2.28. The van der Waals surface area contributed by atoms with Crippen molar-refractivity contribution >= 4 is 21.6 Å². The van der Waals surface area contributed by atoms with Gasteiger partial charge in [0.05, 0.1) is 11.0 Å². The Hall–Kier alpha value is -2.22. The van der Waals surface area contributed by atoms with Crippen molar-refractivity contribution in [1.29, 1.82) is 0 Å². The third-order valence-electron chi connectivity index (χ3n) is 5.60. The first-order valence-electron chi connectivity index (χ1n) is 10.2. The number of benzene rings is 2. The lowest BCUT2D eigenvalue weighted by atomic mass is 9.90. The lowest BCUT2D eigenvalue weighted by molar-refractivity contribution is 0.102. The second-order valence-corrected chi connectivity index (χ2v) is 9.38. The number of rotatable bonds is 6. The summed E-state index contributed by atoms with van der Waals surface area (Å²) in [4.78, 5) is 12.8. The van der Waals surface area contributed by atoms with Gasteiger partial charge in [0, 0.05) is 24.4 Å². The van der Waals surface area contributed by atoms with Crippen molar-refractivity contribution in [2.75, 3.05) is 18.5 Å². The van der Waals surface area contributed by atoms with Gasteiger partial charge in [-0.25, -0.2) is 13.1 Å². The van der Waals surface area contributed by atoms with Crippen molar-refractivity contribution in [2.24, 2.45) is 0 Å². The van der Waals surface area contributed by atoms with Gasteiger partial charge in [0.25, 0.3) is 5.91 Å². The highest BCUT2D eigenvalue weighted by atomic mass is 32.2. The molecule has 1 fully saturated rings. The maximum absolute atomic E-state index is 12.7. The molecular weight excluding hydrogens is 388 g/mol. The van der Waals surface area contributed by atoms with Gasteiger partial charge in [0.2, 0.25) is 10.0 Å². The van der Waals surface area contributed by atoms with Crippen molar-refractivity contribution in [1.82, 2.24) is 4.72 Å². The Bertz CT molecular complexity index is 980. The Kier molecular flexibility index (Phi) is 5.99. The van der Waals surface area contributed by atoms with Gasteiger partial charge in [-0.3, -0.25) is 4.79 Å². The average molecular weight is 415 g/mol. The van der Waals surface area contributed by atoms with E-state index >= 15 is 0 Å². The van der Waals surface area contributed by atoms with E-state index in [0.717, 1.165) is 37.8 Å². The molecule has 29 heavy (non-hydrogen) atoms. The SMILES string of the molecule is O=C(Nc1cccc2c1CCCC2)c1ccc(S(=O)(=O)NC[C@@H]2CCCO2)cc1. The van der Waals surface area contributed by atoms with Gasteiger partial charge < -0.3 is 10.1 Å². The number of carbonyl (C=O) groups is 1. The number of amides is 1. The van der Waals surface area contributed by atoms with Crippen LogP contribution in [0.2, 0.25) is 0 Å². The number of anilines is 1. The van der Waals surface area contributed by atoms with E-state index < -0.39 is 10.0 Å². The minimum Gasteiger partial charge on any atom is -0.377 e. The van der Waals surface area contributed by atoms with Crippen LogP contribution in [0, 0.1) is 0 Å². The molecule has 4 rings (SSSR count). The van der Waals surface area contributed by atoms with Crippen LogP contribution >= 0.6 is 0 Å². The molecule has 0 unspecified atom stereocenters. The van der Waals surface area contributed by atoms with Crippen LogP contribution in [-0.2, 0) is 27.6 Å². The third kappa shape index (κ3) is 4.69. The Morgan fingerprint density at radius 2 is 1.83 bits per heavy atom. The van der Waals surface area contributed by atoms with E-state index in [-0.39, 0.29) is 23.5 Å². The highest BCUT2D eigenvalue weighted by molar-refractivity contribution is 7.89. The van der Waals surface area contributed by atoms with Gasteiger partial charge in [-0.2, -0.15) is 0 Å². The summed E-state index contributed by atoms with van der Waals surface area (Å²) in [7, 11) is -3.62. The van der Waals surface area contributed by atoms with E-state index in [1.54, 1.807) is 12.1 Å². The lowest BCUT2D eigenvalue weighted by Gasteiger charge is -2.19. The molecule has 0 bridgehead atoms. The lowest BCUT2D eigenvalue weighted by Crippen LogP contribution is -2.31. The zero-order valence-electron chi connectivity index (χ0n) is 16.3. The first-order chi connectivity index (χ1) is 14.0. The summed E-state index contributed by atoms with van der Waals surface area (Å²) < 4.78 is 32.9. The zero-order chi connectivity index (χ0) is 20.3. The summed E-state index contributed by atoms with van der Waals surface area (Å²) in [6.07, 6.45) is 6.09. The van der Waals surface area contributed by atoms with Crippen LogP contribution < -0.4 is 10.0 Å². The number of hydrogen-bond donors (Lipinski definition) is 2. The van der Waals surface area contributed by atoms with Gasteiger partial charge in [-0.1, -0.05) is 12.1 Å². The molecule has 2 aromatic carbocycles. The van der Waals surface area contributed by atoms with E-state index in [9.17, 15) is 13.2 Å². The number of aryl methyl sites for hydroxylation is 1. The molecule has 7 heteroatoms. The van der Waals surface area contributed by atoms with E-state index in [4.69, 9.17) is 4.74 Å². The predicted molar refractivity (Wildman–Crippen MR) is 112 cm³/mol. The smallest absolute Gasteiger partial charge is 0.255 e. The number of ether oxygens (including phenoxy) is 1. The summed E-state index contributed by atoms with van der Waals surface area (Å²) in [5, 5.41) is 2.99. The fourth-order valence-electron chi connectivity index (χ4n) is 3.97. The van der Waals surface area contributed by atoms with Gasteiger partial charge >= 0.3 is 0 Å². The molecule has 0 spiro atoms. The topological polar surface area (TPSA) is 84.5 Å². The van der Waals surface area contributed by atoms with Crippen molar-refractivity contribution in [2.45, 2.75) is 49.5 Å². The summed E-state index contributed by atoms with van der Waals surface area (Å²) in [5.74, 6) is -0.236. The summed E-state index contributed by atoms with van der Waals surface area (Å²) >= 11 is 0. The quantitative estimate of drug-likeness (QED) is 0.760. The van der Waals surface area contributed by atoms with Gasteiger partial charge in [0.15, 0.2) is 0 Å². The highest BCUT2D eigenvalue weighted by Gasteiger charge is 2.21. The largest absolute Gasteiger partial charge is 0.377 e. The van der Waals surface area contributed by atoms with Crippen LogP contribution in [0.1, 0.15) is 47.2 Å². The first kappa shape index (κ1) is 20.1. The molecule has 2 aliphatic rings. The van der Waals surface area contributed by atoms with Gasteiger partial charge in [-0.05, 0) is 80.0 Å². The van der Waals surface area contributed by atoms with Crippen LogP contribution in [0.3, 0.4) is 0 Å². The van der Waals surface area contributed by atoms with E-state index in [0.29, 0.717) is 12.2 Å². The molecule has 1 saturated heterocycles. The molecule has 1 aliphatic heterocycles. The summed E-state index contributed by atoms with van der Waals surface area (Å²) in [6.45, 7) is 0.949. The van der Waals surface area contributed by atoms with Crippen LogP contribution in [0.5, 0.6) is 0 Å². The van der Waals surface area contributed by atoms with Crippen molar-refractivity contribution in [3.63, 3.8) is 0 Å². The average Bonchev–Trinajstić information content (AvgIpc) is 3.26. The standard InChI is InChI=1S/C22H26N2O4S/c25-22(24-21-9-3-6-16-5-1-2-8-20(16)21)17-10-12-19(13-11-17)29(26,27)23-15-18-7-4-14-28-18/h3,6,9-13,18,23H,1-2,4-5,7-8,14-15H2,(H,24,25)/t18-/m0/s1. The minimum atomic E-state index is -3.62. The second kappa shape index (κ2) is 8.65. The van der Waals surface area contributed by atoms with Crippen LogP contribution in [0.25, 0.3) is 0 Å². The van der Waals surface area contributed by atoms with Gasteiger partial charge in [-0.15, -0.1) is 0 Å². The Balaban J connectivity index is 1.43. The predicted octanol–water partition coefficient (Wildman–Crippen LogP) is 3.28. The van der Waals surface area contributed by atoms with Crippen molar-refractivity contribution in [3.05, 3.63) is 59.2 Å². The molecule has 1 atom stereocenters. The molecule has 6 nitrogen and oxygen atoms in total. The zero-order valence-corrected chi connectivity index (χ0v) is 17.1. The van der Waals surface area contributed by atoms with E-state index in [2.05, 4.69) is 16.1 Å². The number of fused-ring (bicyclic) bond motifs is 1. The van der Waals surface area contributed by atoms with Crippen molar-refractivity contribution in [3.8, 4) is 0 Å². The minimum absolute atomic E-state index is 0.0633. The molecule has 154 valence electrons. The van der Waals surface area contributed by atoms with Crippen LogP contribution in [-0.4, -0.2) is 33.6 Å². The Labute approximate surface area is 171 Å². The Morgan fingerprint density at radius 3 is 2.59 bits per heavy atom. The maximum Gasteiger partial charge on any atom is 0.255 e. The maximum atomic E-state index is 12.7. The first-order valence-corrected chi connectivity index (χ1v) is 11.6. The van der Waals surface area contributed by atoms with Gasteiger partial charge in [0.1, 0.15) is 0 Å². The molecule has 2 aromatic rings. The molecular formula is C22H26N2O4S. The van der Waals surface area contributed by atoms with Crippen molar-refractivity contribution < 1.29 is 17.9 Å². The fraction of sp³-hybridized carbons (Fsp3) is 0.409. The number of sulfonamides is 1. The fourth-order valence-corrected chi connectivity index (χ4v) is 5.04. The monoisotopic (exact) mass is 414 g/mol. The summed E-state index contributed by atoms with van der Waals surface area (Å²) in [6, 6.07) is 12.0. The molecule has 0 saturated carbocycles. The number of hydrogen-bond acceptors (Lipinski definition) is 4. The van der Waals surface area contributed by atoms with E-state index in [1.807, 2.05) is 12.1 Å². The normalized spacial score (nSPS) is 19.0. The van der Waals surface area contributed by atoms with Crippen LogP contribution in [0.4, 0.5) is 5.69 Å². The molecule has 0 radical (unpaired) electrons. The van der Waals surface area contributed by atoms with E-state index in [1.165, 1.54) is 29.7 Å². The third-order valence-corrected chi connectivity index (χ3v) is 7.04.